The molecule has 148 valence electrons. The number of nitrogens with zero attached hydrogens (tertiary/aromatic N) is 4. The van der Waals surface area contributed by atoms with Crippen molar-refractivity contribution in [2.24, 2.45) is 0 Å². The summed E-state index contributed by atoms with van der Waals surface area (Å²) in [5, 5.41) is 0. The Kier molecular flexibility index (Phi) is 4.80. The molecule has 0 spiro atoms. The first-order valence-electron chi connectivity index (χ1n) is 9.44. The maximum absolute atomic E-state index is 13.1. The molecular weight excluding hydrogens is 368 g/mol. The molecule has 2 aromatic carbocycles. The molecule has 29 heavy (non-hydrogen) atoms. The highest BCUT2D eigenvalue weighted by Crippen LogP contribution is 2.21. The number of benzene rings is 2. The number of aromatic nitrogens is 4. The minimum Gasteiger partial charge on any atom is -0.496 e. The van der Waals surface area contributed by atoms with Crippen molar-refractivity contribution in [1.82, 2.24) is 18.7 Å². The summed E-state index contributed by atoms with van der Waals surface area (Å²) in [4.78, 5) is 30.6. The molecule has 7 nitrogen and oxygen atoms in total. The van der Waals surface area contributed by atoms with Gasteiger partial charge in [0.05, 0.1) is 25.7 Å². The number of aryl methyl sites for hydroxylation is 1. The molecule has 4 aromatic rings. The smallest absolute Gasteiger partial charge is 0.337 e. The van der Waals surface area contributed by atoms with Gasteiger partial charge in [-0.2, -0.15) is 0 Å². The Labute approximate surface area is 167 Å². The summed E-state index contributed by atoms with van der Waals surface area (Å²) in [6.07, 6.45) is 1.60. The molecule has 2 heterocycles. The van der Waals surface area contributed by atoms with Gasteiger partial charge in [-0.15, -0.1) is 0 Å². The largest absolute Gasteiger partial charge is 0.496 e. The molecule has 4 rings (SSSR count). The summed E-state index contributed by atoms with van der Waals surface area (Å²) in [7, 11) is 1.62. The zero-order valence-electron chi connectivity index (χ0n) is 16.6. The van der Waals surface area contributed by atoms with E-state index in [9.17, 15) is 9.59 Å². The quantitative estimate of drug-likeness (QED) is 0.525. The third-order valence-electron chi connectivity index (χ3n) is 5.01. The highest BCUT2D eigenvalue weighted by Gasteiger charge is 2.19. The van der Waals surface area contributed by atoms with Gasteiger partial charge >= 0.3 is 5.69 Å². The van der Waals surface area contributed by atoms with Gasteiger partial charge in [0.1, 0.15) is 5.75 Å². The Hall–Kier alpha value is -3.61. The number of fused-ring (bicyclic) bond motifs is 1. The van der Waals surface area contributed by atoms with Crippen LogP contribution in [0.3, 0.4) is 0 Å². The van der Waals surface area contributed by atoms with Gasteiger partial charge in [0, 0.05) is 12.1 Å². The Morgan fingerprint density at radius 2 is 1.86 bits per heavy atom. The third kappa shape index (κ3) is 3.14. The first kappa shape index (κ1) is 18.7. The van der Waals surface area contributed by atoms with E-state index in [0.29, 0.717) is 23.4 Å². The molecule has 0 saturated carbocycles. The number of ether oxygens (including phenoxy) is 1. The minimum atomic E-state index is -0.391. The second-order valence-corrected chi connectivity index (χ2v) is 6.86. The summed E-state index contributed by atoms with van der Waals surface area (Å²) in [6.45, 7) is 4.43. The van der Waals surface area contributed by atoms with Crippen molar-refractivity contribution in [3.05, 3.63) is 86.8 Å². The van der Waals surface area contributed by atoms with Crippen molar-refractivity contribution in [3.63, 3.8) is 0 Å². The Morgan fingerprint density at radius 3 is 2.59 bits per heavy atom. The topological polar surface area (TPSA) is 71.0 Å². The predicted octanol–water partition coefficient (Wildman–Crippen LogP) is 2.73. The average molecular weight is 390 g/mol. The molecular formula is C22H22N4O3. The van der Waals surface area contributed by atoms with Gasteiger partial charge in [-0.1, -0.05) is 30.3 Å². The fourth-order valence-electron chi connectivity index (χ4n) is 3.60. The number of rotatable bonds is 5. The third-order valence-corrected chi connectivity index (χ3v) is 5.01. The molecule has 0 unspecified atom stereocenters. The van der Waals surface area contributed by atoms with Gasteiger partial charge in [-0.05, 0) is 37.6 Å². The fourth-order valence-corrected chi connectivity index (χ4v) is 3.60. The van der Waals surface area contributed by atoms with E-state index >= 15 is 0 Å². The fraction of sp³-hybridized carbons (Fsp3) is 0.227. The molecule has 7 heteroatoms. The average Bonchev–Trinajstić information content (AvgIpc) is 3.12. The van der Waals surface area contributed by atoms with Crippen LogP contribution in [0.2, 0.25) is 0 Å². The van der Waals surface area contributed by atoms with Crippen LogP contribution in [0.1, 0.15) is 18.1 Å². The van der Waals surface area contributed by atoms with Crippen LogP contribution in [0.5, 0.6) is 5.75 Å². The number of methoxy groups -OCH3 is 1. The van der Waals surface area contributed by atoms with Crippen LogP contribution < -0.4 is 16.0 Å². The van der Waals surface area contributed by atoms with Crippen molar-refractivity contribution >= 4 is 11.2 Å². The van der Waals surface area contributed by atoms with Crippen LogP contribution in [0.4, 0.5) is 0 Å². The van der Waals surface area contributed by atoms with Gasteiger partial charge in [0.2, 0.25) is 0 Å². The zero-order chi connectivity index (χ0) is 20.5. The van der Waals surface area contributed by atoms with Gasteiger partial charge in [-0.3, -0.25) is 9.36 Å². The maximum Gasteiger partial charge on any atom is 0.337 e. The molecule has 0 saturated heterocycles. The maximum atomic E-state index is 13.1. The molecule has 0 fully saturated rings. The first-order valence-corrected chi connectivity index (χ1v) is 9.44. The summed E-state index contributed by atoms with van der Waals surface area (Å²) in [6, 6.07) is 15.2. The van der Waals surface area contributed by atoms with Crippen LogP contribution >= 0.6 is 0 Å². The molecule has 0 radical (unpaired) electrons. The Bertz CT molecular complexity index is 1310. The van der Waals surface area contributed by atoms with Crippen molar-refractivity contribution in [3.8, 4) is 11.4 Å². The first-order chi connectivity index (χ1) is 14.0. The standard InChI is InChI=1S/C22H22N4O3/c1-4-25-21(27)19-20(26(22(25)28)17-10-7-8-15(2)12-17)23-14-24(19)13-16-9-5-6-11-18(16)29-3/h5-12,14H,4,13H2,1-3H3. The van der Waals surface area contributed by atoms with Gasteiger partial charge in [0.15, 0.2) is 11.2 Å². The monoisotopic (exact) mass is 390 g/mol. The van der Waals surface area contributed by atoms with Crippen molar-refractivity contribution in [1.29, 1.82) is 0 Å². The minimum absolute atomic E-state index is 0.277. The van der Waals surface area contributed by atoms with Crippen molar-refractivity contribution < 1.29 is 4.74 Å². The van der Waals surface area contributed by atoms with Crippen LogP contribution in [-0.2, 0) is 13.1 Å². The second-order valence-electron chi connectivity index (χ2n) is 6.86. The van der Waals surface area contributed by atoms with E-state index in [1.165, 1.54) is 9.13 Å². The predicted molar refractivity (Wildman–Crippen MR) is 112 cm³/mol. The van der Waals surface area contributed by atoms with E-state index in [-0.39, 0.29) is 12.1 Å². The van der Waals surface area contributed by atoms with Crippen LogP contribution in [0.15, 0.2) is 64.4 Å². The molecule has 0 N–H and O–H groups in total. The number of imidazole rings is 1. The molecule has 0 aliphatic carbocycles. The number of para-hydroxylation sites is 1. The summed E-state index contributed by atoms with van der Waals surface area (Å²) >= 11 is 0. The molecule has 0 aliphatic heterocycles. The zero-order valence-corrected chi connectivity index (χ0v) is 16.6. The van der Waals surface area contributed by atoms with E-state index in [0.717, 1.165) is 16.9 Å². The van der Waals surface area contributed by atoms with Crippen LogP contribution in [0.25, 0.3) is 16.9 Å². The molecule has 0 aliphatic rings. The SMILES string of the molecule is CCn1c(=O)c2c(ncn2Cc2ccccc2OC)n(-c2cccc(C)c2)c1=O. The van der Waals surface area contributed by atoms with Crippen LogP contribution in [-0.4, -0.2) is 25.8 Å². The van der Waals surface area contributed by atoms with E-state index in [2.05, 4.69) is 4.98 Å². The normalized spacial score (nSPS) is 11.1. The molecule has 0 atom stereocenters. The second kappa shape index (κ2) is 7.43. The van der Waals surface area contributed by atoms with Gasteiger partial charge < -0.3 is 9.30 Å². The lowest BCUT2D eigenvalue weighted by Gasteiger charge is -2.13. The van der Waals surface area contributed by atoms with Gasteiger partial charge in [-0.25, -0.2) is 14.3 Å². The molecule has 0 bridgehead atoms. The number of hydrogen-bond donors (Lipinski definition) is 0. The van der Waals surface area contributed by atoms with E-state index in [4.69, 9.17) is 4.74 Å². The lowest BCUT2D eigenvalue weighted by molar-refractivity contribution is 0.408. The lowest BCUT2D eigenvalue weighted by Crippen LogP contribution is -2.39. The Morgan fingerprint density at radius 1 is 1.07 bits per heavy atom. The van der Waals surface area contributed by atoms with Crippen molar-refractivity contribution in [2.75, 3.05) is 7.11 Å². The van der Waals surface area contributed by atoms with E-state index in [1.54, 1.807) is 24.9 Å². The highest BCUT2D eigenvalue weighted by atomic mass is 16.5. The molecule has 0 amide bonds. The van der Waals surface area contributed by atoms with E-state index in [1.807, 2.05) is 55.5 Å². The summed E-state index contributed by atoms with van der Waals surface area (Å²) < 4.78 is 9.95. The Balaban J connectivity index is 2.00. The van der Waals surface area contributed by atoms with E-state index < -0.39 is 5.69 Å². The van der Waals surface area contributed by atoms with Crippen LogP contribution in [0, 0.1) is 6.92 Å². The summed E-state index contributed by atoms with van der Waals surface area (Å²) in [5.74, 6) is 0.733. The molecule has 2 aromatic heterocycles. The van der Waals surface area contributed by atoms with Gasteiger partial charge in [0.25, 0.3) is 5.56 Å². The lowest BCUT2D eigenvalue weighted by atomic mass is 10.2. The number of hydrogen-bond acceptors (Lipinski definition) is 4. The highest BCUT2D eigenvalue weighted by molar-refractivity contribution is 5.72. The summed E-state index contributed by atoms with van der Waals surface area (Å²) in [5.41, 5.74) is 2.63. The van der Waals surface area contributed by atoms with Crippen molar-refractivity contribution in [2.45, 2.75) is 26.9 Å².